The van der Waals surface area contributed by atoms with Crippen LogP contribution >= 0.6 is 11.6 Å². The van der Waals surface area contributed by atoms with Crippen molar-refractivity contribution >= 4 is 23.4 Å². The number of carbonyl (C=O) groups excluding carboxylic acids is 1. The topological polar surface area (TPSA) is 51.7 Å². The van der Waals surface area contributed by atoms with Crippen molar-refractivity contribution in [2.45, 2.75) is 13.1 Å². The summed E-state index contributed by atoms with van der Waals surface area (Å²) < 4.78 is 0. The van der Waals surface area contributed by atoms with Crippen LogP contribution in [0.2, 0.25) is 5.02 Å². The molecule has 1 fully saturated rings. The van der Waals surface area contributed by atoms with Gasteiger partial charge in [-0.05, 0) is 30.3 Å². The molecule has 3 rings (SSSR count). The van der Waals surface area contributed by atoms with E-state index in [0.717, 1.165) is 43.1 Å². The number of halogens is 1. The minimum absolute atomic E-state index is 0.141. The Balaban J connectivity index is 1.49. The van der Waals surface area contributed by atoms with E-state index in [2.05, 4.69) is 27.1 Å². The van der Waals surface area contributed by atoms with E-state index >= 15 is 0 Å². The maximum Gasteiger partial charge on any atom is 0.317 e. The summed E-state index contributed by atoms with van der Waals surface area (Å²) in [6.07, 6.45) is 1.84. The highest BCUT2D eigenvalue weighted by atomic mass is 35.5. The van der Waals surface area contributed by atoms with Crippen LogP contribution in [-0.4, -0.2) is 61.1 Å². The SMILES string of the molecule is CN1CCN(c2ccc(CNC(=O)N(C)Cc3ccccc3Cl)cn2)CC1. The van der Waals surface area contributed by atoms with Crippen molar-refractivity contribution in [1.82, 2.24) is 20.1 Å². The molecule has 0 unspecified atom stereocenters. The molecule has 27 heavy (non-hydrogen) atoms. The molecule has 0 bridgehead atoms. The Bertz CT molecular complexity index is 759. The van der Waals surface area contributed by atoms with Gasteiger partial charge in [0.25, 0.3) is 0 Å². The molecule has 0 radical (unpaired) electrons. The van der Waals surface area contributed by atoms with Crippen LogP contribution in [0.4, 0.5) is 10.6 Å². The molecule has 1 aliphatic rings. The summed E-state index contributed by atoms with van der Waals surface area (Å²) in [6, 6.07) is 11.5. The Morgan fingerprint density at radius 3 is 2.59 bits per heavy atom. The quantitative estimate of drug-likeness (QED) is 0.857. The van der Waals surface area contributed by atoms with Gasteiger partial charge >= 0.3 is 6.03 Å². The first-order valence-corrected chi connectivity index (χ1v) is 9.51. The molecule has 0 spiro atoms. The number of aromatic nitrogens is 1. The fourth-order valence-corrected chi connectivity index (χ4v) is 3.21. The van der Waals surface area contributed by atoms with Gasteiger partial charge in [0.15, 0.2) is 0 Å². The van der Waals surface area contributed by atoms with Gasteiger partial charge in [0, 0.05) is 57.5 Å². The number of hydrogen-bond acceptors (Lipinski definition) is 4. The summed E-state index contributed by atoms with van der Waals surface area (Å²) in [6.45, 7) is 5.00. The molecular weight excluding hydrogens is 362 g/mol. The summed E-state index contributed by atoms with van der Waals surface area (Å²) in [7, 11) is 3.90. The summed E-state index contributed by atoms with van der Waals surface area (Å²) in [5.74, 6) is 0.994. The molecule has 2 amide bonds. The number of carbonyl (C=O) groups is 1. The fourth-order valence-electron chi connectivity index (χ4n) is 3.01. The highest BCUT2D eigenvalue weighted by Crippen LogP contribution is 2.17. The number of nitrogens with one attached hydrogen (secondary N) is 1. The second-order valence-electron chi connectivity index (χ2n) is 6.92. The lowest BCUT2D eigenvalue weighted by Crippen LogP contribution is -2.44. The Kier molecular flexibility index (Phi) is 6.53. The standard InChI is InChI=1S/C20H26ClN5O/c1-24-9-11-26(12-10-24)19-8-7-16(13-22-19)14-23-20(27)25(2)15-17-5-3-4-6-18(17)21/h3-8,13H,9-12,14-15H2,1-2H3,(H,23,27). The average molecular weight is 388 g/mol. The minimum atomic E-state index is -0.141. The second kappa shape index (κ2) is 9.06. The van der Waals surface area contributed by atoms with Gasteiger partial charge < -0.3 is 20.0 Å². The predicted octanol–water partition coefficient (Wildman–Crippen LogP) is 2.83. The zero-order valence-electron chi connectivity index (χ0n) is 15.9. The highest BCUT2D eigenvalue weighted by Gasteiger charge is 2.15. The van der Waals surface area contributed by atoms with Gasteiger partial charge in [-0.3, -0.25) is 0 Å². The third-order valence-electron chi connectivity index (χ3n) is 4.79. The monoisotopic (exact) mass is 387 g/mol. The van der Waals surface area contributed by atoms with Crippen LogP contribution in [0.25, 0.3) is 0 Å². The summed E-state index contributed by atoms with van der Waals surface area (Å²) in [5.41, 5.74) is 1.90. The van der Waals surface area contributed by atoms with Crippen molar-refractivity contribution in [1.29, 1.82) is 0 Å². The normalized spacial score (nSPS) is 14.9. The van der Waals surface area contributed by atoms with Gasteiger partial charge in [-0.15, -0.1) is 0 Å². The number of urea groups is 1. The Labute approximate surface area is 165 Å². The van der Waals surface area contributed by atoms with Crippen molar-refractivity contribution in [3.63, 3.8) is 0 Å². The van der Waals surface area contributed by atoms with Crippen LogP contribution in [0.1, 0.15) is 11.1 Å². The van der Waals surface area contributed by atoms with Crippen LogP contribution in [0.3, 0.4) is 0 Å². The Morgan fingerprint density at radius 2 is 1.93 bits per heavy atom. The number of rotatable bonds is 5. The second-order valence-corrected chi connectivity index (χ2v) is 7.33. The molecule has 0 atom stereocenters. The van der Waals surface area contributed by atoms with Crippen LogP contribution in [-0.2, 0) is 13.1 Å². The van der Waals surface area contributed by atoms with Gasteiger partial charge in [-0.1, -0.05) is 35.9 Å². The predicted molar refractivity (Wildman–Crippen MR) is 109 cm³/mol. The smallest absolute Gasteiger partial charge is 0.317 e. The summed E-state index contributed by atoms with van der Waals surface area (Å²) in [5, 5.41) is 3.59. The van der Waals surface area contributed by atoms with Crippen molar-refractivity contribution < 1.29 is 4.79 Å². The molecule has 1 aromatic carbocycles. The first-order chi connectivity index (χ1) is 13.0. The van der Waals surface area contributed by atoms with Crippen LogP contribution in [0, 0.1) is 0 Å². The van der Waals surface area contributed by atoms with E-state index in [-0.39, 0.29) is 6.03 Å². The number of piperazine rings is 1. The van der Waals surface area contributed by atoms with E-state index in [9.17, 15) is 4.79 Å². The largest absolute Gasteiger partial charge is 0.354 e. The molecule has 2 heterocycles. The van der Waals surface area contributed by atoms with E-state index in [1.165, 1.54) is 0 Å². The van der Waals surface area contributed by atoms with Crippen molar-refractivity contribution in [2.24, 2.45) is 0 Å². The lowest BCUT2D eigenvalue weighted by molar-refractivity contribution is 0.206. The zero-order valence-corrected chi connectivity index (χ0v) is 16.6. The molecular formula is C20H26ClN5O. The summed E-state index contributed by atoms with van der Waals surface area (Å²) >= 11 is 6.16. The fraction of sp³-hybridized carbons (Fsp3) is 0.400. The molecule has 1 aliphatic heterocycles. The molecule has 6 nitrogen and oxygen atoms in total. The first kappa shape index (κ1) is 19.5. The average Bonchev–Trinajstić information content (AvgIpc) is 2.69. The maximum absolute atomic E-state index is 12.3. The van der Waals surface area contributed by atoms with Gasteiger partial charge in [-0.2, -0.15) is 0 Å². The molecule has 1 aromatic heterocycles. The van der Waals surface area contributed by atoms with E-state index in [0.29, 0.717) is 18.1 Å². The third-order valence-corrected chi connectivity index (χ3v) is 5.16. The van der Waals surface area contributed by atoms with E-state index in [1.54, 1.807) is 11.9 Å². The van der Waals surface area contributed by atoms with Gasteiger partial charge in [0.05, 0.1) is 0 Å². The highest BCUT2D eigenvalue weighted by molar-refractivity contribution is 6.31. The molecule has 1 saturated heterocycles. The van der Waals surface area contributed by atoms with Gasteiger partial charge in [0.1, 0.15) is 5.82 Å². The van der Waals surface area contributed by atoms with E-state index in [4.69, 9.17) is 11.6 Å². The van der Waals surface area contributed by atoms with Crippen molar-refractivity contribution in [3.05, 3.63) is 58.7 Å². The number of amides is 2. The van der Waals surface area contributed by atoms with E-state index < -0.39 is 0 Å². The van der Waals surface area contributed by atoms with Crippen LogP contribution in [0.15, 0.2) is 42.6 Å². The van der Waals surface area contributed by atoms with E-state index in [1.807, 2.05) is 42.6 Å². The Hall–Kier alpha value is -2.31. The number of pyridine rings is 1. The molecule has 2 aromatic rings. The van der Waals surface area contributed by atoms with Crippen LogP contribution < -0.4 is 10.2 Å². The molecule has 0 saturated carbocycles. The first-order valence-electron chi connectivity index (χ1n) is 9.14. The molecule has 7 heteroatoms. The number of hydrogen-bond donors (Lipinski definition) is 1. The maximum atomic E-state index is 12.3. The number of nitrogens with zero attached hydrogens (tertiary/aromatic N) is 4. The molecule has 1 N–H and O–H groups in total. The number of anilines is 1. The van der Waals surface area contributed by atoms with Gasteiger partial charge in [-0.25, -0.2) is 9.78 Å². The lowest BCUT2D eigenvalue weighted by atomic mass is 10.2. The molecule has 0 aliphatic carbocycles. The number of benzene rings is 1. The van der Waals surface area contributed by atoms with Crippen LogP contribution in [0.5, 0.6) is 0 Å². The lowest BCUT2D eigenvalue weighted by Gasteiger charge is -2.33. The van der Waals surface area contributed by atoms with Crippen molar-refractivity contribution in [3.8, 4) is 0 Å². The summed E-state index contributed by atoms with van der Waals surface area (Å²) in [4.78, 5) is 23.1. The molecule has 144 valence electrons. The number of likely N-dealkylation sites (N-methyl/N-ethyl adjacent to an activating group) is 1. The minimum Gasteiger partial charge on any atom is -0.354 e. The third kappa shape index (κ3) is 5.34. The zero-order chi connectivity index (χ0) is 19.2. The van der Waals surface area contributed by atoms with Crippen molar-refractivity contribution in [2.75, 3.05) is 45.2 Å². The Morgan fingerprint density at radius 1 is 1.19 bits per heavy atom. The van der Waals surface area contributed by atoms with Gasteiger partial charge in [0.2, 0.25) is 0 Å².